The van der Waals surface area contributed by atoms with Gasteiger partial charge in [-0.1, -0.05) is 0 Å². The normalized spacial score (nSPS) is 15.1. The Kier molecular flexibility index (Phi) is 4.37. The fraction of sp³-hybridized carbons (Fsp3) is 0.400. The molecular formula is C15H19N5O3S. The number of sulfonamides is 1. The number of aromatic nitrogens is 3. The van der Waals surface area contributed by atoms with Crippen LogP contribution in [0.2, 0.25) is 0 Å². The van der Waals surface area contributed by atoms with Crippen molar-refractivity contribution in [2.45, 2.75) is 19.5 Å². The first-order valence-corrected chi connectivity index (χ1v) is 9.36. The number of rotatable bonds is 4. The third kappa shape index (κ3) is 3.31. The van der Waals surface area contributed by atoms with Crippen LogP contribution in [0.3, 0.4) is 0 Å². The molecule has 0 unspecified atom stereocenters. The third-order valence-electron chi connectivity index (χ3n) is 4.13. The zero-order valence-corrected chi connectivity index (χ0v) is 14.4. The fourth-order valence-electron chi connectivity index (χ4n) is 2.82. The number of carbonyl (C=O) groups excluding carboxylic acids is 1. The highest BCUT2D eigenvalue weighted by molar-refractivity contribution is 7.88. The number of imidazole rings is 1. The van der Waals surface area contributed by atoms with Crippen LogP contribution in [0, 0.1) is 0 Å². The van der Waals surface area contributed by atoms with E-state index in [2.05, 4.69) is 15.3 Å². The Hall–Kier alpha value is -2.26. The van der Waals surface area contributed by atoms with Gasteiger partial charge in [0.05, 0.1) is 6.26 Å². The van der Waals surface area contributed by atoms with Crippen LogP contribution in [0.1, 0.15) is 27.3 Å². The van der Waals surface area contributed by atoms with Crippen LogP contribution in [0.15, 0.2) is 24.8 Å². The molecular weight excluding hydrogens is 330 g/mol. The summed E-state index contributed by atoms with van der Waals surface area (Å²) in [7, 11) is -1.46. The molecule has 9 heteroatoms. The predicted molar refractivity (Wildman–Crippen MR) is 87.6 cm³/mol. The monoisotopic (exact) mass is 349 g/mol. The lowest BCUT2D eigenvalue weighted by Crippen LogP contribution is -2.36. The van der Waals surface area contributed by atoms with Crippen molar-refractivity contribution in [3.63, 3.8) is 0 Å². The Morgan fingerprint density at radius 2 is 2.17 bits per heavy atom. The van der Waals surface area contributed by atoms with E-state index >= 15 is 0 Å². The topological polar surface area (TPSA) is 97.2 Å². The van der Waals surface area contributed by atoms with Crippen molar-refractivity contribution in [2.24, 2.45) is 7.05 Å². The molecule has 3 rings (SSSR count). The van der Waals surface area contributed by atoms with Crippen LogP contribution in [0.4, 0.5) is 0 Å². The Morgan fingerprint density at radius 1 is 1.38 bits per heavy atom. The van der Waals surface area contributed by atoms with Gasteiger partial charge in [0, 0.05) is 51.5 Å². The molecule has 1 amide bonds. The second-order valence-corrected chi connectivity index (χ2v) is 7.81. The number of carbonyl (C=O) groups is 1. The van der Waals surface area contributed by atoms with E-state index in [0.717, 1.165) is 16.7 Å². The van der Waals surface area contributed by atoms with E-state index in [-0.39, 0.29) is 5.91 Å². The molecule has 1 N–H and O–H groups in total. The van der Waals surface area contributed by atoms with Gasteiger partial charge in [0.15, 0.2) is 5.82 Å². The number of aryl methyl sites for hydroxylation is 1. The van der Waals surface area contributed by atoms with E-state index in [1.807, 2.05) is 0 Å². The first kappa shape index (κ1) is 16.6. The minimum Gasteiger partial charge on any atom is -0.345 e. The van der Waals surface area contributed by atoms with Gasteiger partial charge in [0.25, 0.3) is 5.91 Å². The molecule has 0 aliphatic carbocycles. The van der Waals surface area contributed by atoms with Gasteiger partial charge in [0.1, 0.15) is 0 Å². The Labute approximate surface area is 140 Å². The Balaban J connectivity index is 1.75. The molecule has 0 aromatic carbocycles. The van der Waals surface area contributed by atoms with Crippen LogP contribution in [-0.2, 0) is 36.6 Å². The van der Waals surface area contributed by atoms with Crippen molar-refractivity contribution in [1.82, 2.24) is 24.2 Å². The van der Waals surface area contributed by atoms with Crippen molar-refractivity contribution in [3.05, 3.63) is 47.3 Å². The van der Waals surface area contributed by atoms with E-state index < -0.39 is 10.0 Å². The van der Waals surface area contributed by atoms with Gasteiger partial charge in [0.2, 0.25) is 10.0 Å². The van der Waals surface area contributed by atoms with Gasteiger partial charge in [-0.15, -0.1) is 0 Å². The molecule has 2 aromatic heterocycles. The van der Waals surface area contributed by atoms with E-state index in [1.165, 1.54) is 10.6 Å². The summed E-state index contributed by atoms with van der Waals surface area (Å²) in [5.41, 5.74) is 2.85. The molecule has 0 bridgehead atoms. The number of fused-ring (bicyclic) bond motifs is 1. The van der Waals surface area contributed by atoms with E-state index in [0.29, 0.717) is 31.9 Å². The zero-order valence-electron chi connectivity index (χ0n) is 13.6. The summed E-state index contributed by atoms with van der Waals surface area (Å²) in [6.07, 6.45) is 8.51. The zero-order chi connectivity index (χ0) is 17.3. The Bertz CT molecular complexity index is 875. The molecule has 0 fully saturated rings. The lowest BCUT2D eigenvalue weighted by Gasteiger charge is -2.27. The first-order valence-electron chi connectivity index (χ1n) is 7.51. The summed E-state index contributed by atoms with van der Waals surface area (Å²) in [4.78, 5) is 20.3. The summed E-state index contributed by atoms with van der Waals surface area (Å²) < 4.78 is 26.5. The minimum absolute atomic E-state index is 0.256. The number of amides is 1. The van der Waals surface area contributed by atoms with Crippen molar-refractivity contribution < 1.29 is 13.2 Å². The van der Waals surface area contributed by atoms with Gasteiger partial charge < -0.3 is 9.88 Å². The van der Waals surface area contributed by atoms with Gasteiger partial charge in [-0.25, -0.2) is 13.4 Å². The highest BCUT2D eigenvalue weighted by Crippen LogP contribution is 2.23. The van der Waals surface area contributed by atoms with Crippen LogP contribution < -0.4 is 5.32 Å². The number of nitrogens with zero attached hydrogens (tertiary/aromatic N) is 4. The smallest absolute Gasteiger partial charge is 0.287 e. The number of hydrogen-bond donors (Lipinski definition) is 1. The van der Waals surface area contributed by atoms with Gasteiger partial charge in [-0.05, 0) is 23.1 Å². The molecule has 24 heavy (non-hydrogen) atoms. The van der Waals surface area contributed by atoms with Crippen molar-refractivity contribution in [3.8, 4) is 0 Å². The molecule has 3 heterocycles. The summed E-state index contributed by atoms with van der Waals surface area (Å²) in [6.45, 7) is 1.10. The van der Waals surface area contributed by atoms with Gasteiger partial charge >= 0.3 is 0 Å². The second kappa shape index (κ2) is 6.33. The molecule has 0 saturated carbocycles. The summed E-state index contributed by atoms with van der Waals surface area (Å²) in [6, 6.07) is 0. The van der Waals surface area contributed by atoms with Crippen molar-refractivity contribution in [2.75, 3.05) is 12.8 Å². The summed E-state index contributed by atoms with van der Waals surface area (Å²) in [5, 5.41) is 2.84. The highest BCUT2D eigenvalue weighted by atomic mass is 32.2. The van der Waals surface area contributed by atoms with Gasteiger partial charge in [-0.2, -0.15) is 4.31 Å². The molecule has 0 atom stereocenters. The lowest BCUT2D eigenvalue weighted by atomic mass is 9.98. The predicted octanol–water partition coefficient (Wildman–Crippen LogP) is 0.0628. The molecule has 1 aliphatic heterocycles. The number of hydrogen-bond acceptors (Lipinski definition) is 5. The van der Waals surface area contributed by atoms with Crippen LogP contribution in [0.5, 0.6) is 0 Å². The molecule has 0 saturated heterocycles. The van der Waals surface area contributed by atoms with E-state index in [9.17, 15) is 13.2 Å². The first-order chi connectivity index (χ1) is 11.4. The maximum absolute atomic E-state index is 12.1. The molecule has 8 nitrogen and oxygen atoms in total. The fourth-order valence-corrected chi connectivity index (χ4v) is 3.61. The average Bonchev–Trinajstić information content (AvgIpc) is 2.97. The minimum atomic E-state index is -3.22. The lowest BCUT2D eigenvalue weighted by molar-refractivity contribution is 0.0937. The highest BCUT2D eigenvalue weighted by Gasteiger charge is 2.25. The van der Waals surface area contributed by atoms with Gasteiger partial charge in [-0.3, -0.25) is 9.78 Å². The second-order valence-electron chi connectivity index (χ2n) is 5.83. The van der Waals surface area contributed by atoms with E-state index in [1.54, 1.807) is 36.4 Å². The van der Waals surface area contributed by atoms with Crippen LogP contribution in [-0.4, -0.2) is 46.0 Å². The number of pyridine rings is 1. The molecule has 1 aliphatic rings. The maximum atomic E-state index is 12.1. The number of nitrogens with one attached hydrogen (secondary N) is 1. The standard InChI is InChI=1S/C15H19N5O3S/c1-19-6-4-17-14(19)15(21)18-9-11-7-16-8-12-10-20(24(2,22)23)5-3-13(11)12/h4,6-8H,3,5,9-10H2,1-2H3,(H,18,21). The molecule has 128 valence electrons. The summed E-state index contributed by atoms with van der Waals surface area (Å²) >= 11 is 0. The van der Waals surface area contributed by atoms with Crippen molar-refractivity contribution in [1.29, 1.82) is 0 Å². The molecule has 2 aromatic rings. The maximum Gasteiger partial charge on any atom is 0.287 e. The Morgan fingerprint density at radius 3 is 2.83 bits per heavy atom. The quantitative estimate of drug-likeness (QED) is 0.842. The average molecular weight is 349 g/mol. The summed E-state index contributed by atoms with van der Waals surface area (Å²) in [5.74, 6) is 0.0877. The van der Waals surface area contributed by atoms with E-state index in [4.69, 9.17) is 0 Å². The van der Waals surface area contributed by atoms with Crippen LogP contribution in [0.25, 0.3) is 0 Å². The van der Waals surface area contributed by atoms with Crippen LogP contribution >= 0.6 is 0 Å². The molecule has 0 spiro atoms. The third-order valence-corrected chi connectivity index (χ3v) is 5.38. The SMILES string of the molecule is Cn1ccnc1C(=O)NCc1cncc2c1CCN(S(C)(=O)=O)C2. The largest absolute Gasteiger partial charge is 0.345 e. The molecule has 0 radical (unpaired) electrons. The van der Waals surface area contributed by atoms with Crippen molar-refractivity contribution >= 4 is 15.9 Å².